The number of rotatable bonds is 7. The zero-order valence-corrected chi connectivity index (χ0v) is 13.2. The minimum atomic E-state index is -1.06. The van der Waals surface area contributed by atoms with Gasteiger partial charge in [-0.3, -0.25) is 0 Å². The van der Waals surface area contributed by atoms with Crippen LogP contribution in [0.5, 0.6) is 17.4 Å². The van der Waals surface area contributed by atoms with Gasteiger partial charge in [0.15, 0.2) is 11.6 Å². The number of halogens is 1. The third-order valence-corrected chi connectivity index (χ3v) is 3.34. The molecule has 0 aliphatic carbocycles. The van der Waals surface area contributed by atoms with Gasteiger partial charge in [0.1, 0.15) is 5.75 Å². The van der Waals surface area contributed by atoms with Gasteiger partial charge in [-0.1, -0.05) is 19.4 Å². The lowest BCUT2D eigenvalue weighted by Crippen LogP contribution is -1.96. The lowest BCUT2D eigenvalue weighted by atomic mass is 9.99. The smallest absolute Gasteiger partial charge is 0.328 e. The largest absolute Gasteiger partial charge is 0.506 e. The molecule has 2 N–H and O–H groups in total. The predicted octanol–water partition coefficient (Wildman–Crippen LogP) is 4.38. The lowest BCUT2D eigenvalue weighted by Gasteiger charge is -2.10. The Labute approximate surface area is 139 Å². The van der Waals surface area contributed by atoms with E-state index >= 15 is 0 Å². The molecule has 2 rings (SSSR count). The first-order valence-electron chi connectivity index (χ1n) is 7.56. The van der Waals surface area contributed by atoms with Crippen molar-refractivity contribution in [2.75, 3.05) is 0 Å². The SMILES string of the molecule is CCCC/C(=C\C(=O)O)c1ccc(Oc2ccc(O)cn2)c(F)c1. The number of aromatic hydroxyl groups is 1. The number of benzene rings is 1. The molecule has 0 atom stereocenters. The maximum atomic E-state index is 14.3. The molecule has 0 saturated heterocycles. The number of unbranched alkanes of at least 4 members (excludes halogenated alkanes) is 1. The summed E-state index contributed by atoms with van der Waals surface area (Å²) >= 11 is 0. The number of nitrogens with zero attached hydrogens (tertiary/aromatic N) is 1. The summed E-state index contributed by atoms with van der Waals surface area (Å²) in [5.74, 6) is -1.57. The van der Waals surface area contributed by atoms with Crippen molar-refractivity contribution in [1.82, 2.24) is 4.98 Å². The molecule has 126 valence electrons. The maximum Gasteiger partial charge on any atom is 0.328 e. The molecule has 2 aromatic rings. The van der Waals surface area contributed by atoms with Gasteiger partial charge < -0.3 is 14.9 Å². The highest BCUT2D eigenvalue weighted by molar-refractivity contribution is 5.90. The Balaban J connectivity index is 2.23. The molecule has 1 heterocycles. The van der Waals surface area contributed by atoms with Crippen LogP contribution in [0.1, 0.15) is 31.7 Å². The third kappa shape index (κ3) is 4.81. The molecule has 0 aliphatic rings. The number of aromatic nitrogens is 1. The molecule has 0 radical (unpaired) electrons. The number of carboxylic acids is 1. The van der Waals surface area contributed by atoms with Crippen LogP contribution in [0.2, 0.25) is 0 Å². The van der Waals surface area contributed by atoms with Crippen molar-refractivity contribution in [3.63, 3.8) is 0 Å². The Bertz CT molecular complexity index is 741. The highest BCUT2D eigenvalue weighted by Crippen LogP contribution is 2.28. The number of carbonyl (C=O) groups is 1. The zero-order chi connectivity index (χ0) is 17.5. The van der Waals surface area contributed by atoms with Gasteiger partial charge in [0.25, 0.3) is 0 Å². The average molecular weight is 331 g/mol. The van der Waals surface area contributed by atoms with Crippen LogP contribution in [-0.4, -0.2) is 21.2 Å². The topological polar surface area (TPSA) is 79.7 Å². The fraction of sp³-hybridized carbons (Fsp3) is 0.222. The molecule has 0 fully saturated rings. The molecule has 1 aromatic carbocycles. The van der Waals surface area contributed by atoms with E-state index in [0.29, 0.717) is 17.6 Å². The molecule has 6 heteroatoms. The molecular formula is C18H18FNO4. The van der Waals surface area contributed by atoms with E-state index in [-0.39, 0.29) is 17.4 Å². The summed E-state index contributed by atoms with van der Waals surface area (Å²) in [5.41, 5.74) is 1.08. The van der Waals surface area contributed by atoms with E-state index in [4.69, 9.17) is 9.84 Å². The number of hydrogen-bond acceptors (Lipinski definition) is 4. The highest BCUT2D eigenvalue weighted by atomic mass is 19.1. The summed E-state index contributed by atoms with van der Waals surface area (Å²) in [6, 6.07) is 7.09. The van der Waals surface area contributed by atoms with Crippen LogP contribution in [0.3, 0.4) is 0 Å². The minimum absolute atomic E-state index is 0.0162. The second-order valence-corrected chi connectivity index (χ2v) is 5.21. The number of allylic oxidation sites excluding steroid dienone is 1. The van der Waals surface area contributed by atoms with Crippen LogP contribution in [0.4, 0.5) is 4.39 Å². The van der Waals surface area contributed by atoms with E-state index in [1.165, 1.54) is 30.5 Å². The van der Waals surface area contributed by atoms with Crippen molar-refractivity contribution >= 4 is 11.5 Å². The molecule has 0 aliphatic heterocycles. The average Bonchev–Trinajstić information content (AvgIpc) is 2.55. The summed E-state index contributed by atoms with van der Waals surface area (Å²) < 4.78 is 19.6. The van der Waals surface area contributed by atoms with Gasteiger partial charge in [0, 0.05) is 12.1 Å². The van der Waals surface area contributed by atoms with Crippen LogP contribution < -0.4 is 4.74 Å². The normalized spacial score (nSPS) is 11.3. The number of aliphatic carboxylic acids is 1. The standard InChI is InChI=1S/C18H18FNO4/c1-2-3-4-12(10-18(22)23)13-5-7-16(15(19)9-13)24-17-8-6-14(21)11-20-17/h5-11,21H,2-4H2,1H3,(H,22,23)/b12-10+. The molecule has 0 amide bonds. The van der Waals surface area contributed by atoms with Crippen molar-refractivity contribution < 1.29 is 24.1 Å². The number of ether oxygens (including phenoxy) is 1. The second-order valence-electron chi connectivity index (χ2n) is 5.21. The Morgan fingerprint density at radius 3 is 2.71 bits per heavy atom. The maximum absolute atomic E-state index is 14.3. The molecule has 0 unspecified atom stereocenters. The van der Waals surface area contributed by atoms with Gasteiger partial charge in [0.05, 0.1) is 6.20 Å². The first kappa shape index (κ1) is 17.5. The van der Waals surface area contributed by atoms with Crippen molar-refractivity contribution in [2.45, 2.75) is 26.2 Å². The van der Waals surface area contributed by atoms with Gasteiger partial charge in [-0.05, 0) is 42.2 Å². The number of pyridine rings is 1. The molecule has 0 bridgehead atoms. The van der Waals surface area contributed by atoms with Crippen molar-refractivity contribution in [2.24, 2.45) is 0 Å². The van der Waals surface area contributed by atoms with E-state index in [2.05, 4.69) is 4.98 Å². The Morgan fingerprint density at radius 1 is 1.33 bits per heavy atom. The fourth-order valence-corrected chi connectivity index (χ4v) is 2.14. The number of carboxylic acid groups (broad SMARTS) is 1. The van der Waals surface area contributed by atoms with E-state index in [0.717, 1.165) is 18.9 Å². The summed E-state index contributed by atoms with van der Waals surface area (Å²) in [5, 5.41) is 18.1. The summed E-state index contributed by atoms with van der Waals surface area (Å²) in [6.07, 6.45) is 4.58. The van der Waals surface area contributed by atoms with Gasteiger partial charge in [-0.25, -0.2) is 14.2 Å². The van der Waals surface area contributed by atoms with Crippen LogP contribution in [0, 0.1) is 5.82 Å². The monoisotopic (exact) mass is 331 g/mol. The fourth-order valence-electron chi connectivity index (χ4n) is 2.14. The molecule has 0 saturated carbocycles. The second kappa shape index (κ2) is 8.10. The predicted molar refractivity (Wildman–Crippen MR) is 87.5 cm³/mol. The van der Waals surface area contributed by atoms with Crippen LogP contribution in [-0.2, 0) is 4.79 Å². The van der Waals surface area contributed by atoms with E-state index in [9.17, 15) is 14.3 Å². The van der Waals surface area contributed by atoms with Crippen molar-refractivity contribution in [3.05, 3.63) is 54.0 Å². The van der Waals surface area contributed by atoms with Crippen molar-refractivity contribution in [1.29, 1.82) is 0 Å². The lowest BCUT2D eigenvalue weighted by molar-refractivity contribution is -0.131. The quantitative estimate of drug-likeness (QED) is 0.736. The molecule has 24 heavy (non-hydrogen) atoms. The molecular weight excluding hydrogens is 313 g/mol. The van der Waals surface area contributed by atoms with E-state index < -0.39 is 11.8 Å². The Morgan fingerprint density at radius 2 is 2.12 bits per heavy atom. The Hall–Kier alpha value is -2.89. The van der Waals surface area contributed by atoms with Crippen LogP contribution in [0.25, 0.3) is 5.57 Å². The van der Waals surface area contributed by atoms with Gasteiger partial charge in [0.2, 0.25) is 5.88 Å². The molecule has 0 spiro atoms. The zero-order valence-electron chi connectivity index (χ0n) is 13.2. The van der Waals surface area contributed by atoms with Gasteiger partial charge in [-0.15, -0.1) is 0 Å². The van der Waals surface area contributed by atoms with Crippen LogP contribution >= 0.6 is 0 Å². The number of hydrogen-bond donors (Lipinski definition) is 2. The van der Waals surface area contributed by atoms with Crippen molar-refractivity contribution in [3.8, 4) is 17.4 Å². The first-order chi connectivity index (χ1) is 11.5. The highest BCUT2D eigenvalue weighted by Gasteiger charge is 2.11. The summed E-state index contributed by atoms with van der Waals surface area (Å²) in [7, 11) is 0. The Kier molecular flexibility index (Phi) is 5.89. The van der Waals surface area contributed by atoms with E-state index in [1.807, 2.05) is 6.92 Å². The molecule has 5 nitrogen and oxygen atoms in total. The van der Waals surface area contributed by atoms with E-state index in [1.54, 1.807) is 6.07 Å². The van der Waals surface area contributed by atoms with Gasteiger partial charge in [-0.2, -0.15) is 0 Å². The summed E-state index contributed by atoms with van der Waals surface area (Å²) in [4.78, 5) is 14.8. The van der Waals surface area contributed by atoms with Crippen LogP contribution in [0.15, 0.2) is 42.6 Å². The molecule has 1 aromatic heterocycles. The van der Waals surface area contributed by atoms with Gasteiger partial charge >= 0.3 is 5.97 Å². The summed E-state index contributed by atoms with van der Waals surface area (Å²) in [6.45, 7) is 2.00. The minimum Gasteiger partial charge on any atom is -0.506 e. The third-order valence-electron chi connectivity index (χ3n) is 3.34. The first-order valence-corrected chi connectivity index (χ1v) is 7.56.